The Morgan fingerprint density at radius 2 is 1.91 bits per heavy atom. The van der Waals surface area contributed by atoms with E-state index in [0.29, 0.717) is 22.7 Å². The number of hydrogen-bond donors (Lipinski definition) is 0. The molecule has 0 N–H and O–H groups in total. The fourth-order valence-electron chi connectivity index (χ4n) is 3.36. The van der Waals surface area contributed by atoms with Gasteiger partial charge in [0.15, 0.2) is 4.80 Å². The number of carbonyl (C=O) groups is 1. The quantitative estimate of drug-likeness (QED) is 0.397. The number of furan rings is 1. The van der Waals surface area contributed by atoms with Gasteiger partial charge in [-0.15, -0.1) is 0 Å². The summed E-state index contributed by atoms with van der Waals surface area (Å²) in [5, 5.41) is 0. The van der Waals surface area contributed by atoms with Crippen molar-refractivity contribution >= 4 is 37.5 Å². The number of hydrogen-bond acceptors (Lipinski definition) is 6. The molecular weight excluding hydrogens is 462 g/mol. The summed E-state index contributed by atoms with van der Waals surface area (Å²) in [5.74, 6) is 0.814. The van der Waals surface area contributed by atoms with Gasteiger partial charge in [0.1, 0.15) is 17.0 Å². The zero-order valence-corrected chi connectivity index (χ0v) is 20.0. The lowest BCUT2D eigenvalue weighted by molar-refractivity contribution is 0.0998. The van der Waals surface area contributed by atoms with Gasteiger partial charge in [0.25, 0.3) is 5.91 Å². The maximum absolute atomic E-state index is 12.8. The van der Waals surface area contributed by atoms with Crippen molar-refractivity contribution in [3.05, 3.63) is 77.0 Å². The molecular formula is C23H23N3O5S2. The van der Waals surface area contributed by atoms with Crippen molar-refractivity contribution in [2.75, 3.05) is 13.7 Å². The van der Waals surface area contributed by atoms with E-state index in [9.17, 15) is 13.2 Å². The molecule has 4 aromatic rings. The smallest absolute Gasteiger partial charge is 0.279 e. The molecule has 2 heterocycles. The lowest BCUT2D eigenvalue weighted by Crippen LogP contribution is -2.26. The summed E-state index contributed by atoms with van der Waals surface area (Å²) in [6.45, 7) is 2.56. The second-order valence-corrected chi connectivity index (χ2v) is 10.3. The third-order valence-corrected chi connectivity index (χ3v) is 7.97. The summed E-state index contributed by atoms with van der Waals surface area (Å²) in [4.78, 5) is 17.7. The second kappa shape index (κ2) is 9.34. The Morgan fingerprint density at radius 1 is 1.15 bits per heavy atom. The molecule has 10 heteroatoms. The van der Waals surface area contributed by atoms with Crippen LogP contribution < -0.4 is 9.54 Å². The Balaban J connectivity index is 1.59. The maximum Gasteiger partial charge on any atom is 0.279 e. The Hall–Kier alpha value is -3.21. The van der Waals surface area contributed by atoms with Gasteiger partial charge in [0.2, 0.25) is 10.0 Å². The number of sulfonamides is 1. The van der Waals surface area contributed by atoms with Crippen molar-refractivity contribution in [3.63, 3.8) is 0 Å². The van der Waals surface area contributed by atoms with E-state index in [4.69, 9.17) is 9.15 Å². The highest BCUT2D eigenvalue weighted by molar-refractivity contribution is 7.89. The monoisotopic (exact) mass is 485 g/mol. The van der Waals surface area contributed by atoms with Crippen molar-refractivity contribution in [2.45, 2.75) is 18.4 Å². The Morgan fingerprint density at radius 3 is 2.58 bits per heavy atom. The largest absolute Gasteiger partial charge is 0.492 e. The van der Waals surface area contributed by atoms with Crippen LogP contribution in [-0.4, -0.2) is 36.9 Å². The molecule has 0 bridgehead atoms. The first-order chi connectivity index (χ1) is 15.8. The van der Waals surface area contributed by atoms with Gasteiger partial charge in [0, 0.05) is 19.7 Å². The highest BCUT2D eigenvalue weighted by Crippen LogP contribution is 2.27. The molecule has 33 heavy (non-hydrogen) atoms. The first-order valence-corrected chi connectivity index (χ1v) is 12.5. The molecule has 0 radical (unpaired) electrons. The summed E-state index contributed by atoms with van der Waals surface area (Å²) in [6, 6.07) is 14.9. The third-order valence-electron chi connectivity index (χ3n) is 5.05. The van der Waals surface area contributed by atoms with Crippen LogP contribution in [0.25, 0.3) is 10.2 Å². The summed E-state index contributed by atoms with van der Waals surface area (Å²) in [5.41, 5.74) is 1.17. The minimum absolute atomic E-state index is 0.0851. The molecule has 0 aliphatic rings. The minimum atomic E-state index is -3.74. The molecule has 0 aliphatic carbocycles. The van der Waals surface area contributed by atoms with Gasteiger partial charge >= 0.3 is 0 Å². The van der Waals surface area contributed by atoms with Gasteiger partial charge in [-0.2, -0.15) is 9.30 Å². The van der Waals surface area contributed by atoms with Gasteiger partial charge < -0.3 is 13.7 Å². The van der Waals surface area contributed by atoms with E-state index >= 15 is 0 Å². The van der Waals surface area contributed by atoms with Crippen LogP contribution in [0, 0.1) is 0 Å². The van der Waals surface area contributed by atoms with Crippen LogP contribution in [0.15, 0.2) is 75.2 Å². The number of ether oxygens (including phenoxy) is 1. The predicted octanol–water partition coefficient (Wildman–Crippen LogP) is 3.79. The van der Waals surface area contributed by atoms with E-state index in [1.54, 1.807) is 12.1 Å². The molecule has 0 unspecified atom stereocenters. The highest BCUT2D eigenvalue weighted by atomic mass is 32.2. The van der Waals surface area contributed by atoms with Crippen molar-refractivity contribution in [2.24, 2.45) is 12.0 Å². The van der Waals surface area contributed by atoms with Gasteiger partial charge in [-0.3, -0.25) is 4.79 Å². The van der Waals surface area contributed by atoms with Crippen LogP contribution in [0.5, 0.6) is 5.75 Å². The van der Waals surface area contributed by atoms with E-state index in [2.05, 4.69) is 4.99 Å². The lowest BCUT2D eigenvalue weighted by atomic mass is 10.2. The number of aromatic nitrogens is 1. The average molecular weight is 486 g/mol. The van der Waals surface area contributed by atoms with E-state index in [1.165, 1.54) is 53.2 Å². The van der Waals surface area contributed by atoms with Crippen LogP contribution in [0.2, 0.25) is 0 Å². The molecule has 0 fully saturated rings. The zero-order chi connectivity index (χ0) is 23.6. The molecule has 2 aromatic carbocycles. The van der Waals surface area contributed by atoms with Gasteiger partial charge in [-0.25, -0.2) is 8.42 Å². The molecule has 0 spiro atoms. The summed E-state index contributed by atoms with van der Waals surface area (Å²) in [6.07, 6.45) is 1.49. The standard InChI is InChI=1S/C23H23N3O5S2/c1-4-30-19-8-5-9-20-21(19)26(3)23(32-20)24-22(27)16-10-12-18(13-11-16)33(28,29)25(2)15-17-7-6-14-31-17/h5-14H,4,15H2,1-3H3. The molecule has 0 saturated heterocycles. The number of amides is 1. The van der Waals surface area contributed by atoms with Crippen LogP contribution in [-0.2, 0) is 23.6 Å². The number of thiazole rings is 1. The first kappa shape index (κ1) is 23.0. The van der Waals surface area contributed by atoms with Gasteiger partial charge in [-0.1, -0.05) is 17.4 Å². The predicted molar refractivity (Wildman–Crippen MR) is 126 cm³/mol. The number of para-hydroxylation sites is 1. The minimum Gasteiger partial charge on any atom is -0.492 e. The molecule has 1 amide bonds. The normalized spacial score (nSPS) is 12.5. The molecule has 4 rings (SSSR count). The number of carbonyl (C=O) groups excluding carboxylic acids is 1. The summed E-state index contributed by atoms with van der Waals surface area (Å²) < 4.78 is 40.5. The van der Waals surface area contributed by atoms with Gasteiger partial charge in [-0.05, 0) is 55.5 Å². The highest BCUT2D eigenvalue weighted by Gasteiger charge is 2.22. The molecule has 8 nitrogen and oxygen atoms in total. The molecule has 172 valence electrons. The molecule has 0 saturated carbocycles. The third kappa shape index (κ3) is 4.63. The maximum atomic E-state index is 12.8. The number of fused-ring (bicyclic) bond motifs is 1. The van der Waals surface area contributed by atoms with Crippen LogP contribution in [0.1, 0.15) is 23.0 Å². The van der Waals surface area contributed by atoms with Crippen LogP contribution >= 0.6 is 11.3 Å². The topological polar surface area (TPSA) is 94.1 Å². The fraction of sp³-hybridized carbons (Fsp3) is 0.217. The lowest BCUT2D eigenvalue weighted by Gasteiger charge is -2.16. The van der Waals surface area contributed by atoms with Crippen LogP contribution in [0.4, 0.5) is 0 Å². The summed E-state index contributed by atoms with van der Waals surface area (Å²) in [7, 11) is -0.428. The number of nitrogens with zero attached hydrogens (tertiary/aromatic N) is 3. The van der Waals surface area contributed by atoms with Crippen molar-refractivity contribution in [1.82, 2.24) is 8.87 Å². The SMILES string of the molecule is CCOc1cccc2sc(=NC(=O)c3ccc(S(=O)(=O)N(C)Cc4ccco4)cc3)n(C)c12. The van der Waals surface area contributed by atoms with E-state index in [1.807, 2.05) is 36.7 Å². The number of rotatable bonds is 7. The van der Waals surface area contributed by atoms with Crippen molar-refractivity contribution in [3.8, 4) is 5.75 Å². The van der Waals surface area contributed by atoms with Crippen LogP contribution in [0.3, 0.4) is 0 Å². The van der Waals surface area contributed by atoms with Crippen molar-refractivity contribution < 1.29 is 22.4 Å². The second-order valence-electron chi connectivity index (χ2n) is 7.26. The van der Waals surface area contributed by atoms with E-state index in [-0.39, 0.29) is 11.4 Å². The Kier molecular flexibility index (Phi) is 6.50. The molecule has 0 aliphatic heterocycles. The Bertz CT molecular complexity index is 1450. The fourth-order valence-corrected chi connectivity index (χ4v) is 5.53. The van der Waals surface area contributed by atoms with E-state index < -0.39 is 15.9 Å². The number of benzene rings is 2. The Labute approximate surface area is 195 Å². The average Bonchev–Trinajstić information content (AvgIpc) is 3.42. The summed E-state index contributed by atoms with van der Waals surface area (Å²) >= 11 is 1.38. The molecule has 2 aromatic heterocycles. The zero-order valence-electron chi connectivity index (χ0n) is 18.4. The van der Waals surface area contributed by atoms with E-state index in [0.717, 1.165) is 16.0 Å². The molecule has 0 atom stereocenters. The van der Waals surface area contributed by atoms with Crippen molar-refractivity contribution in [1.29, 1.82) is 0 Å². The first-order valence-electron chi connectivity index (χ1n) is 10.2. The number of aryl methyl sites for hydroxylation is 1. The van der Waals surface area contributed by atoms with Gasteiger partial charge in [0.05, 0.1) is 29.0 Å².